The first kappa shape index (κ1) is 18.0. The predicted octanol–water partition coefficient (Wildman–Crippen LogP) is 4.95. The molecule has 0 saturated heterocycles. The lowest BCUT2D eigenvalue weighted by atomic mass is 10.0. The molecule has 0 fully saturated rings. The third kappa shape index (κ3) is 4.12. The van der Waals surface area contributed by atoms with Gasteiger partial charge < -0.3 is 9.73 Å². The summed E-state index contributed by atoms with van der Waals surface area (Å²) < 4.78 is 5.87. The van der Waals surface area contributed by atoms with Crippen LogP contribution in [0.1, 0.15) is 40.2 Å². The second-order valence-corrected chi connectivity index (χ2v) is 6.97. The van der Waals surface area contributed by atoms with E-state index in [4.69, 9.17) is 4.42 Å². The van der Waals surface area contributed by atoms with Crippen LogP contribution < -0.4 is 5.32 Å². The Labute approximate surface area is 164 Å². The first-order chi connectivity index (χ1) is 13.7. The van der Waals surface area contributed by atoms with Crippen molar-refractivity contribution < 1.29 is 9.21 Å². The molecular weight excluding hydrogens is 348 g/mol. The molecular formula is C24H22N2O2. The molecule has 4 nitrogen and oxygen atoms in total. The second-order valence-electron chi connectivity index (χ2n) is 6.97. The van der Waals surface area contributed by atoms with Crippen LogP contribution in [0.2, 0.25) is 0 Å². The van der Waals surface area contributed by atoms with Gasteiger partial charge in [0.2, 0.25) is 0 Å². The number of carbonyl (C=O) groups excluding carboxylic acids is 1. The molecule has 0 spiro atoms. The van der Waals surface area contributed by atoms with Crippen molar-refractivity contribution in [1.29, 1.82) is 0 Å². The number of benzene rings is 3. The molecule has 0 aliphatic heterocycles. The minimum Gasteiger partial charge on any atom is -0.440 e. The molecule has 1 aromatic heterocycles. The summed E-state index contributed by atoms with van der Waals surface area (Å²) in [5, 5.41) is 3.01. The van der Waals surface area contributed by atoms with Gasteiger partial charge in [0.05, 0.1) is 0 Å². The van der Waals surface area contributed by atoms with E-state index in [0.717, 1.165) is 11.1 Å². The standard InChI is InChI=1S/C24H22N2O2/c1-17(19-10-6-3-7-11-19)16-25-24(27)20-12-13-21-22(15-20)28-23(26-21)14-18-8-4-2-5-9-18/h2-13,15,17H,14,16H2,1H3,(H,25,27)/t17-/m0/s1. The van der Waals surface area contributed by atoms with Crippen molar-refractivity contribution in [2.45, 2.75) is 19.3 Å². The molecule has 0 aliphatic carbocycles. The summed E-state index contributed by atoms with van der Waals surface area (Å²) in [6.45, 7) is 2.68. The third-order valence-corrected chi connectivity index (χ3v) is 4.83. The van der Waals surface area contributed by atoms with Crippen LogP contribution in [-0.4, -0.2) is 17.4 Å². The van der Waals surface area contributed by atoms with Gasteiger partial charge in [-0.25, -0.2) is 4.98 Å². The summed E-state index contributed by atoms with van der Waals surface area (Å²) in [6, 6.07) is 25.6. The van der Waals surface area contributed by atoms with E-state index in [1.807, 2.05) is 54.6 Å². The van der Waals surface area contributed by atoms with Gasteiger partial charge in [0.15, 0.2) is 11.5 Å². The lowest BCUT2D eigenvalue weighted by molar-refractivity contribution is 0.0951. The number of carbonyl (C=O) groups is 1. The van der Waals surface area contributed by atoms with Crippen molar-refractivity contribution in [1.82, 2.24) is 10.3 Å². The average molecular weight is 370 g/mol. The molecule has 4 rings (SSSR count). The van der Waals surface area contributed by atoms with Crippen molar-refractivity contribution in [3.05, 3.63) is 101 Å². The average Bonchev–Trinajstić information content (AvgIpc) is 3.14. The molecule has 4 heteroatoms. The number of aromatic nitrogens is 1. The van der Waals surface area contributed by atoms with Crippen molar-refractivity contribution in [2.75, 3.05) is 6.54 Å². The Morgan fingerprint density at radius 2 is 1.71 bits per heavy atom. The quantitative estimate of drug-likeness (QED) is 0.522. The highest BCUT2D eigenvalue weighted by molar-refractivity contribution is 5.97. The summed E-state index contributed by atoms with van der Waals surface area (Å²) in [7, 11) is 0. The van der Waals surface area contributed by atoms with E-state index >= 15 is 0 Å². The van der Waals surface area contributed by atoms with E-state index in [1.54, 1.807) is 12.1 Å². The van der Waals surface area contributed by atoms with E-state index in [-0.39, 0.29) is 11.8 Å². The number of nitrogens with zero attached hydrogens (tertiary/aromatic N) is 1. The SMILES string of the molecule is C[C@@H](CNC(=O)c1ccc2nc(Cc3ccccc3)oc2c1)c1ccccc1. The van der Waals surface area contributed by atoms with Gasteiger partial charge in [-0.15, -0.1) is 0 Å². The fraction of sp³-hybridized carbons (Fsp3) is 0.167. The Balaban J connectivity index is 1.44. The number of nitrogens with one attached hydrogen (secondary N) is 1. The second kappa shape index (κ2) is 8.09. The van der Waals surface area contributed by atoms with E-state index in [0.29, 0.717) is 30.0 Å². The van der Waals surface area contributed by atoms with Gasteiger partial charge >= 0.3 is 0 Å². The van der Waals surface area contributed by atoms with Gasteiger partial charge in [0.25, 0.3) is 5.91 Å². The maximum atomic E-state index is 12.5. The van der Waals surface area contributed by atoms with Gasteiger partial charge in [-0.05, 0) is 35.2 Å². The summed E-state index contributed by atoms with van der Waals surface area (Å²) in [5.41, 5.74) is 4.32. The van der Waals surface area contributed by atoms with Gasteiger partial charge in [0, 0.05) is 18.5 Å². The Morgan fingerprint density at radius 1 is 1.00 bits per heavy atom. The Hall–Kier alpha value is -3.40. The van der Waals surface area contributed by atoms with Gasteiger partial charge in [-0.3, -0.25) is 4.79 Å². The first-order valence-corrected chi connectivity index (χ1v) is 9.45. The highest BCUT2D eigenvalue weighted by atomic mass is 16.3. The maximum Gasteiger partial charge on any atom is 0.251 e. The van der Waals surface area contributed by atoms with Crippen LogP contribution in [0.3, 0.4) is 0 Å². The molecule has 1 N–H and O–H groups in total. The number of rotatable bonds is 6. The van der Waals surface area contributed by atoms with Crippen LogP contribution in [0, 0.1) is 0 Å². The Morgan fingerprint density at radius 3 is 2.46 bits per heavy atom. The molecule has 0 unspecified atom stereocenters. The largest absolute Gasteiger partial charge is 0.440 e. The molecule has 1 atom stereocenters. The zero-order valence-corrected chi connectivity index (χ0v) is 15.8. The fourth-order valence-corrected chi connectivity index (χ4v) is 3.21. The topological polar surface area (TPSA) is 55.1 Å². The minimum absolute atomic E-state index is 0.106. The van der Waals surface area contributed by atoms with E-state index in [1.165, 1.54) is 5.56 Å². The zero-order chi connectivity index (χ0) is 19.3. The maximum absolute atomic E-state index is 12.5. The highest BCUT2D eigenvalue weighted by Crippen LogP contribution is 2.20. The van der Waals surface area contributed by atoms with Crippen LogP contribution in [0.15, 0.2) is 83.3 Å². The molecule has 1 heterocycles. The minimum atomic E-state index is -0.106. The monoisotopic (exact) mass is 370 g/mol. The van der Waals surface area contributed by atoms with Crippen molar-refractivity contribution in [3.63, 3.8) is 0 Å². The highest BCUT2D eigenvalue weighted by Gasteiger charge is 2.13. The van der Waals surface area contributed by atoms with Crippen molar-refractivity contribution in [2.24, 2.45) is 0 Å². The number of hydrogen-bond donors (Lipinski definition) is 1. The number of hydrogen-bond acceptors (Lipinski definition) is 3. The van der Waals surface area contributed by atoms with Gasteiger partial charge in [0.1, 0.15) is 5.52 Å². The van der Waals surface area contributed by atoms with Gasteiger partial charge in [-0.2, -0.15) is 0 Å². The molecule has 28 heavy (non-hydrogen) atoms. The van der Waals surface area contributed by atoms with Crippen LogP contribution in [0.5, 0.6) is 0 Å². The molecule has 0 aliphatic rings. The summed E-state index contributed by atoms with van der Waals surface area (Å²) in [5.74, 6) is 0.791. The normalized spacial score (nSPS) is 12.0. The van der Waals surface area contributed by atoms with E-state index in [2.05, 4.69) is 29.4 Å². The predicted molar refractivity (Wildman–Crippen MR) is 110 cm³/mol. The zero-order valence-electron chi connectivity index (χ0n) is 15.8. The van der Waals surface area contributed by atoms with Gasteiger partial charge in [-0.1, -0.05) is 67.6 Å². The van der Waals surface area contributed by atoms with Crippen molar-refractivity contribution >= 4 is 17.0 Å². The molecule has 1 amide bonds. The Bertz CT molecular complexity index is 1070. The summed E-state index contributed by atoms with van der Waals surface area (Å²) >= 11 is 0. The number of fused-ring (bicyclic) bond motifs is 1. The number of amides is 1. The number of oxazole rings is 1. The summed E-state index contributed by atoms with van der Waals surface area (Å²) in [4.78, 5) is 17.1. The first-order valence-electron chi connectivity index (χ1n) is 9.45. The van der Waals surface area contributed by atoms with Crippen LogP contribution in [0.4, 0.5) is 0 Å². The van der Waals surface area contributed by atoms with Crippen LogP contribution in [-0.2, 0) is 6.42 Å². The van der Waals surface area contributed by atoms with E-state index < -0.39 is 0 Å². The van der Waals surface area contributed by atoms with Crippen LogP contribution in [0.25, 0.3) is 11.1 Å². The van der Waals surface area contributed by atoms with Crippen LogP contribution >= 0.6 is 0 Å². The summed E-state index contributed by atoms with van der Waals surface area (Å²) in [6.07, 6.45) is 0.631. The van der Waals surface area contributed by atoms with E-state index in [9.17, 15) is 4.79 Å². The smallest absolute Gasteiger partial charge is 0.251 e. The lowest BCUT2D eigenvalue weighted by Crippen LogP contribution is -2.27. The Kier molecular flexibility index (Phi) is 5.20. The molecule has 4 aromatic rings. The molecule has 0 radical (unpaired) electrons. The molecule has 0 saturated carbocycles. The molecule has 3 aromatic carbocycles. The molecule has 140 valence electrons. The third-order valence-electron chi connectivity index (χ3n) is 4.83. The lowest BCUT2D eigenvalue weighted by Gasteiger charge is -2.13. The molecule has 0 bridgehead atoms. The van der Waals surface area contributed by atoms with Crippen molar-refractivity contribution in [3.8, 4) is 0 Å². The fourth-order valence-electron chi connectivity index (χ4n) is 3.21.